The normalized spacial score (nSPS) is 9.86. The molecule has 0 atom stereocenters. The third kappa shape index (κ3) is 3.84. The summed E-state index contributed by atoms with van der Waals surface area (Å²) in [6.07, 6.45) is 0. The van der Waals surface area contributed by atoms with Crippen molar-refractivity contribution in [3.8, 4) is 5.75 Å². The van der Waals surface area contributed by atoms with Crippen LogP contribution in [-0.2, 0) is 4.79 Å². The Hall–Kier alpha value is -0.283. The Labute approximate surface area is 98.4 Å². The van der Waals surface area contributed by atoms with Gasteiger partial charge in [0.1, 0.15) is 5.75 Å². The molecule has 2 nitrogen and oxygen atoms in total. The molecule has 0 aliphatic carbocycles. The molecule has 1 aromatic carbocycles. The first-order valence-electron chi connectivity index (χ1n) is 4.16. The second-order valence-electron chi connectivity index (χ2n) is 2.62. The van der Waals surface area contributed by atoms with E-state index in [0.717, 1.165) is 31.2 Å². The number of ether oxygens (including phenoxy) is 1. The van der Waals surface area contributed by atoms with Crippen LogP contribution in [-0.4, -0.2) is 12.6 Å². The summed E-state index contributed by atoms with van der Waals surface area (Å²) >= 11 is 0. The van der Waals surface area contributed by atoms with E-state index in [1.54, 1.807) is 0 Å². The minimum absolute atomic E-state index is 0. The van der Waals surface area contributed by atoms with E-state index in [4.69, 9.17) is 4.74 Å². The van der Waals surface area contributed by atoms with Crippen LogP contribution < -0.4 is 28.9 Å². The smallest absolute Gasteiger partial charge is 0.494 e. The van der Waals surface area contributed by atoms with Gasteiger partial charge in [0.15, 0.2) is 0 Å². The topological polar surface area (TPSA) is 26.3 Å². The van der Waals surface area contributed by atoms with Crippen LogP contribution in [0.15, 0.2) is 18.2 Å². The van der Waals surface area contributed by atoms with Crippen LogP contribution in [0.5, 0.6) is 5.75 Å². The second kappa shape index (κ2) is 7.07. The van der Waals surface area contributed by atoms with E-state index < -0.39 is 0 Å². The molecule has 0 N–H and O–H groups in total. The minimum atomic E-state index is 0. The molecular weight excluding hydrogens is 190 g/mol. The van der Waals surface area contributed by atoms with Crippen LogP contribution in [0.25, 0.3) is 0 Å². The van der Waals surface area contributed by atoms with Crippen molar-refractivity contribution in [3.05, 3.63) is 23.8 Å². The maximum atomic E-state index is 10.3. The predicted molar refractivity (Wildman–Crippen MR) is 55.7 cm³/mol. The molecule has 1 aromatic rings. The predicted octanol–water partition coefficient (Wildman–Crippen LogP) is -0.841. The van der Waals surface area contributed by atoms with Gasteiger partial charge < -0.3 is 18.1 Å². The van der Waals surface area contributed by atoms with Gasteiger partial charge in [0.05, 0.1) is 6.61 Å². The van der Waals surface area contributed by atoms with Gasteiger partial charge in [-0.05, 0) is 32.0 Å². The molecule has 0 fully saturated rings. The third-order valence-corrected chi connectivity index (χ3v) is 2.56. The van der Waals surface area contributed by atoms with Crippen molar-refractivity contribution in [1.82, 2.24) is 0 Å². The van der Waals surface area contributed by atoms with E-state index in [1.165, 1.54) is 0 Å². The minimum Gasteiger partial charge on any atom is -0.494 e. The molecule has 1 rings (SSSR count). The summed E-state index contributed by atoms with van der Waals surface area (Å²) in [5.41, 5.74) is 1.10. The first-order valence-corrected chi connectivity index (χ1v) is 5.12. The standard InChI is InChI=1S/C10H12O2P.Li/c1-3-12-9-4-5-10(13-7-11)8(2)6-9;/h4-7H,3H2,1-2H3;/q-1;+1. The van der Waals surface area contributed by atoms with Crippen LogP contribution in [0.4, 0.5) is 0 Å². The molecule has 70 valence electrons. The molecular formula is C10H12LiO2P. The molecule has 14 heavy (non-hydrogen) atoms. The summed E-state index contributed by atoms with van der Waals surface area (Å²) in [7, 11) is 0.720. The summed E-state index contributed by atoms with van der Waals surface area (Å²) in [4.78, 5) is 10.3. The molecule has 0 bridgehead atoms. The zero-order valence-corrected chi connectivity index (χ0v) is 9.67. The summed E-state index contributed by atoms with van der Waals surface area (Å²) in [6, 6.07) is 6.66. The van der Waals surface area contributed by atoms with E-state index in [1.807, 2.05) is 32.0 Å². The average molecular weight is 202 g/mol. The number of aryl methyl sites for hydroxylation is 1. The van der Waals surface area contributed by atoms with Gasteiger partial charge in [-0.1, -0.05) is 11.6 Å². The average Bonchev–Trinajstić information content (AvgIpc) is 2.10. The molecule has 0 radical (unpaired) electrons. The Morgan fingerprint density at radius 3 is 2.71 bits per heavy atom. The molecule has 0 aromatic heterocycles. The number of benzene rings is 1. The number of carbonyl (C=O) groups is 1. The Balaban J connectivity index is 0.00000169. The summed E-state index contributed by atoms with van der Waals surface area (Å²) < 4.78 is 5.33. The molecule has 0 aliphatic heterocycles. The third-order valence-electron chi connectivity index (χ3n) is 1.67. The van der Waals surface area contributed by atoms with Gasteiger partial charge in [0, 0.05) is 0 Å². The van der Waals surface area contributed by atoms with Gasteiger partial charge in [-0.2, -0.15) is 5.30 Å². The number of carbonyl (C=O) groups excluding carboxylic acids is 1. The molecule has 0 saturated carbocycles. The molecule has 0 unspecified atom stereocenters. The SMILES string of the molecule is CCOc1ccc([P-]C=O)c(C)c1.[Li+]. The Morgan fingerprint density at radius 1 is 1.50 bits per heavy atom. The van der Waals surface area contributed by atoms with Gasteiger partial charge in [0.25, 0.3) is 0 Å². The van der Waals surface area contributed by atoms with E-state index in [0.29, 0.717) is 6.61 Å². The Morgan fingerprint density at radius 2 is 2.21 bits per heavy atom. The first-order chi connectivity index (χ1) is 6.27. The molecule has 0 amide bonds. The maximum Gasteiger partial charge on any atom is 1.00 e. The van der Waals surface area contributed by atoms with Crippen molar-refractivity contribution in [2.75, 3.05) is 6.61 Å². The van der Waals surface area contributed by atoms with E-state index in [-0.39, 0.29) is 18.9 Å². The quantitative estimate of drug-likeness (QED) is 0.361. The van der Waals surface area contributed by atoms with Gasteiger partial charge in [-0.25, -0.2) is 0 Å². The number of hydrogen-bond acceptors (Lipinski definition) is 2. The summed E-state index contributed by atoms with van der Waals surface area (Å²) in [6.45, 7) is 4.60. The number of rotatable bonds is 4. The van der Waals surface area contributed by atoms with Crippen molar-refractivity contribution in [2.24, 2.45) is 0 Å². The van der Waals surface area contributed by atoms with Gasteiger partial charge in [-0.3, -0.25) is 0 Å². The summed E-state index contributed by atoms with van der Waals surface area (Å²) in [5.74, 6) is 0.866. The largest absolute Gasteiger partial charge is 1.00 e. The van der Waals surface area contributed by atoms with E-state index in [9.17, 15) is 4.79 Å². The molecule has 0 spiro atoms. The van der Waals surface area contributed by atoms with Crippen molar-refractivity contribution < 1.29 is 28.4 Å². The zero-order chi connectivity index (χ0) is 9.68. The Kier molecular flexibility index (Phi) is 6.93. The maximum absolute atomic E-state index is 10.3. The Bertz CT molecular complexity index is 302. The number of hydrogen-bond donors (Lipinski definition) is 0. The molecule has 0 aliphatic rings. The van der Waals surface area contributed by atoms with Crippen LogP contribution >= 0.6 is 8.58 Å². The zero-order valence-electron chi connectivity index (χ0n) is 8.78. The molecule has 0 saturated heterocycles. The van der Waals surface area contributed by atoms with Crippen molar-refractivity contribution in [1.29, 1.82) is 0 Å². The van der Waals surface area contributed by atoms with Crippen molar-refractivity contribution >= 4 is 19.9 Å². The van der Waals surface area contributed by atoms with Crippen LogP contribution in [0.2, 0.25) is 0 Å². The van der Waals surface area contributed by atoms with E-state index >= 15 is 0 Å². The van der Waals surface area contributed by atoms with Crippen LogP contribution in [0, 0.1) is 6.92 Å². The fourth-order valence-corrected chi connectivity index (χ4v) is 1.63. The van der Waals surface area contributed by atoms with Crippen LogP contribution in [0.1, 0.15) is 12.5 Å². The fourth-order valence-electron chi connectivity index (χ4n) is 1.09. The monoisotopic (exact) mass is 202 g/mol. The van der Waals surface area contributed by atoms with Gasteiger partial charge >= 0.3 is 18.9 Å². The van der Waals surface area contributed by atoms with Crippen LogP contribution in [0.3, 0.4) is 0 Å². The van der Waals surface area contributed by atoms with Gasteiger partial charge in [0.2, 0.25) is 0 Å². The van der Waals surface area contributed by atoms with Crippen molar-refractivity contribution in [3.63, 3.8) is 0 Å². The molecule has 0 heterocycles. The summed E-state index contributed by atoms with van der Waals surface area (Å²) in [5, 5.41) is 1.04. The second-order valence-corrected chi connectivity index (χ2v) is 3.57. The van der Waals surface area contributed by atoms with Crippen molar-refractivity contribution in [2.45, 2.75) is 13.8 Å². The van der Waals surface area contributed by atoms with Gasteiger partial charge in [-0.15, -0.1) is 0 Å². The van der Waals surface area contributed by atoms with E-state index in [2.05, 4.69) is 0 Å². The fraction of sp³-hybridized carbons (Fsp3) is 0.300. The molecule has 4 heteroatoms. The first kappa shape index (κ1) is 13.7.